The molecule has 4 rings (SSSR count). The first-order valence-electron chi connectivity index (χ1n) is 9.71. The second-order valence-electron chi connectivity index (χ2n) is 7.20. The molecule has 0 unspecified atom stereocenters. The van der Waals surface area contributed by atoms with Gasteiger partial charge in [0.25, 0.3) is 5.56 Å². The molecule has 0 fully saturated rings. The predicted molar refractivity (Wildman–Crippen MR) is 114 cm³/mol. The predicted octanol–water partition coefficient (Wildman–Crippen LogP) is 2.02. The molecule has 2 aliphatic heterocycles. The van der Waals surface area contributed by atoms with Gasteiger partial charge in [0.05, 0.1) is 19.7 Å². The number of hydrogen-bond donors (Lipinski definition) is 2. The Morgan fingerprint density at radius 2 is 2.27 bits per heavy atom. The van der Waals surface area contributed by atoms with E-state index in [1.54, 1.807) is 7.11 Å². The maximum absolute atomic E-state index is 12.3. The molecule has 0 amide bonds. The van der Waals surface area contributed by atoms with Crippen LogP contribution in [0.15, 0.2) is 15.9 Å². The molecule has 0 saturated heterocycles. The molecule has 160 valence electrons. The van der Waals surface area contributed by atoms with E-state index >= 15 is 0 Å². The zero-order valence-corrected chi connectivity index (χ0v) is 17.9. The summed E-state index contributed by atoms with van der Waals surface area (Å²) in [5.41, 5.74) is 1.76. The number of likely N-dealkylation sites (N-methyl/N-ethyl adjacent to an activating group) is 1. The van der Waals surface area contributed by atoms with Crippen molar-refractivity contribution in [2.75, 3.05) is 34.0 Å². The molecule has 30 heavy (non-hydrogen) atoms. The standard InChI is InChI=1S/C20H24N4O5S/c1-4-24-19(26)12(18(25)22-20(24)30)8-21-9-13-15-11(5-6-23(13)2)7-14-16(17(15)27-3)29-10-28-14/h7-8,13,26H,4-6,9-10H2,1-3H3,(H,22,25,30)/t13-/m1/s1. The monoisotopic (exact) mass is 432 g/mol. The molecular formula is C20H24N4O5S. The van der Waals surface area contributed by atoms with Crippen LogP contribution in [0.25, 0.3) is 0 Å². The lowest BCUT2D eigenvalue weighted by atomic mass is 9.91. The van der Waals surface area contributed by atoms with E-state index in [0.29, 0.717) is 30.3 Å². The second kappa shape index (κ2) is 8.11. The molecule has 0 spiro atoms. The van der Waals surface area contributed by atoms with Gasteiger partial charge in [-0.1, -0.05) is 0 Å². The third-order valence-electron chi connectivity index (χ3n) is 5.57. The summed E-state index contributed by atoms with van der Waals surface area (Å²) in [6.45, 7) is 3.67. The van der Waals surface area contributed by atoms with Gasteiger partial charge in [0, 0.05) is 24.9 Å². The molecule has 2 aromatic rings. The average Bonchev–Trinajstić information content (AvgIpc) is 3.18. The van der Waals surface area contributed by atoms with Crippen molar-refractivity contribution in [3.63, 3.8) is 0 Å². The summed E-state index contributed by atoms with van der Waals surface area (Å²) in [5, 5.41) is 10.4. The van der Waals surface area contributed by atoms with Crippen LogP contribution in [0.4, 0.5) is 0 Å². The van der Waals surface area contributed by atoms with E-state index in [0.717, 1.165) is 24.1 Å². The van der Waals surface area contributed by atoms with Crippen molar-refractivity contribution in [1.82, 2.24) is 14.5 Å². The number of aromatic hydroxyl groups is 1. The summed E-state index contributed by atoms with van der Waals surface area (Å²) >= 11 is 5.09. The van der Waals surface area contributed by atoms with Crippen LogP contribution in [0.1, 0.15) is 29.7 Å². The summed E-state index contributed by atoms with van der Waals surface area (Å²) in [6, 6.07) is 1.93. The normalized spacial score (nSPS) is 18.0. The van der Waals surface area contributed by atoms with Crippen LogP contribution < -0.4 is 19.8 Å². The number of methoxy groups -OCH3 is 1. The van der Waals surface area contributed by atoms with Crippen molar-refractivity contribution in [1.29, 1.82) is 0 Å². The molecule has 0 aliphatic carbocycles. The molecule has 0 saturated carbocycles. The van der Waals surface area contributed by atoms with E-state index in [9.17, 15) is 9.90 Å². The fourth-order valence-electron chi connectivity index (χ4n) is 3.98. The first kappa shape index (κ1) is 20.4. The van der Waals surface area contributed by atoms with Gasteiger partial charge in [0.1, 0.15) is 5.56 Å². The fraction of sp³-hybridized carbons (Fsp3) is 0.450. The summed E-state index contributed by atoms with van der Waals surface area (Å²) < 4.78 is 18.5. The maximum Gasteiger partial charge on any atom is 0.264 e. The van der Waals surface area contributed by atoms with Crippen LogP contribution in [0.2, 0.25) is 0 Å². The number of fused-ring (bicyclic) bond motifs is 2. The van der Waals surface area contributed by atoms with Gasteiger partial charge in [-0.2, -0.15) is 0 Å². The van der Waals surface area contributed by atoms with Crippen LogP contribution >= 0.6 is 12.2 Å². The van der Waals surface area contributed by atoms with Gasteiger partial charge in [-0.15, -0.1) is 0 Å². The molecule has 10 heteroatoms. The Morgan fingerprint density at radius 3 is 3.00 bits per heavy atom. The number of nitrogens with one attached hydrogen (secondary N) is 1. The highest BCUT2D eigenvalue weighted by molar-refractivity contribution is 7.71. The average molecular weight is 433 g/mol. The lowest BCUT2D eigenvalue weighted by Crippen LogP contribution is -2.34. The zero-order chi connectivity index (χ0) is 21.4. The highest BCUT2D eigenvalue weighted by atomic mass is 32.1. The first-order valence-corrected chi connectivity index (χ1v) is 10.1. The number of hydrogen-bond acceptors (Lipinski definition) is 8. The molecule has 1 aromatic heterocycles. The molecule has 3 heterocycles. The third kappa shape index (κ3) is 3.35. The molecule has 0 radical (unpaired) electrons. The highest BCUT2D eigenvalue weighted by Gasteiger charge is 2.33. The van der Waals surface area contributed by atoms with Crippen molar-refractivity contribution in [3.05, 3.63) is 37.9 Å². The van der Waals surface area contributed by atoms with Gasteiger partial charge in [-0.3, -0.25) is 24.2 Å². The Bertz CT molecular complexity index is 1120. The van der Waals surface area contributed by atoms with Crippen molar-refractivity contribution >= 4 is 18.4 Å². The van der Waals surface area contributed by atoms with Crippen LogP contribution in [-0.2, 0) is 13.0 Å². The Labute approximate surface area is 178 Å². The Hall–Kier alpha value is -2.85. The third-order valence-corrected chi connectivity index (χ3v) is 5.89. The Morgan fingerprint density at radius 1 is 1.47 bits per heavy atom. The summed E-state index contributed by atoms with van der Waals surface area (Å²) in [5.74, 6) is 1.78. The Balaban J connectivity index is 1.69. The lowest BCUT2D eigenvalue weighted by molar-refractivity contribution is 0.170. The minimum absolute atomic E-state index is 0.0767. The van der Waals surface area contributed by atoms with E-state index in [1.807, 2.05) is 20.0 Å². The molecule has 2 aliphatic rings. The van der Waals surface area contributed by atoms with Gasteiger partial charge in [-0.05, 0) is 44.2 Å². The number of aliphatic imine (C=N–C) groups is 1. The van der Waals surface area contributed by atoms with Gasteiger partial charge in [-0.25, -0.2) is 0 Å². The first-order chi connectivity index (χ1) is 14.5. The quantitative estimate of drug-likeness (QED) is 0.551. The molecule has 0 bridgehead atoms. The number of nitrogens with zero attached hydrogens (tertiary/aromatic N) is 3. The number of aromatic amines is 1. The number of benzene rings is 1. The Kier molecular flexibility index (Phi) is 5.52. The van der Waals surface area contributed by atoms with E-state index in [4.69, 9.17) is 26.4 Å². The van der Waals surface area contributed by atoms with Crippen molar-refractivity contribution in [2.24, 2.45) is 4.99 Å². The summed E-state index contributed by atoms with van der Waals surface area (Å²) in [7, 11) is 3.64. The lowest BCUT2D eigenvalue weighted by Gasteiger charge is -2.35. The summed E-state index contributed by atoms with van der Waals surface area (Å²) in [6.07, 6.45) is 2.26. The van der Waals surface area contributed by atoms with Gasteiger partial charge in [0.2, 0.25) is 18.4 Å². The number of H-pyrrole nitrogens is 1. The van der Waals surface area contributed by atoms with E-state index in [-0.39, 0.29) is 29.0 Å². The zero-order valence-electron chi connectivity index (χ0n) is 17.1. The van der Waals surface area contributed by atoms with Crippen molar-refractivity contribution in [3.8, 4) is 23.1 Å². The molecular weight excluding hydrogens is 408 g/mol. The number of aromatic nitrogens is 2. The maximum atomic E-state index is 12.3. The highest BCUT2D eigenvalue weighted by Crippen LogP contribution is 2.49. The number of rotatable bonds is 5. The van der Waals surface area contributed by atoms with Crippen LogP contribution in [-0.4, -0.2) is 59.8 Å². The van der Waals surface area contributed by atoms with Gasteiger partial charge in [0.15, 0.2) is 16.3 Å². The smallest absolute Gasteiger partial charge is 0.264 e. The SMILES string of the molecule is CCn1c(O)c(C=NC[C@@H]2c3c(cc4c(c3OC)OCO4)CCN2C)c(=O)[nH]c1=S. The van der Waals surface area contributed by atoms with Gasteiger partial charge < -0.3 is 19.3 Å². The number of ether oxygens (including phenoxy) is 3. The largest absolute Gasteiger partial charge is 0.494 e. The van der Waals surface area contributed by atoms with Gasteiger partial charge >= 0.3 is 0 Å². The molecule has 1 aromatic carbocycles. The van der Waals surface area contributed by atoms with Crippen molar-refractivity contribution < 1.29 is 19.3 Å². The molecule has 1 atom stereocenters. The minimum atomic E-state index is -0.468. The minimum Gasteiger partial charge on any atom is -0.494 e. The molecule has 2 N–H and O–H groups in total. The fourth-order valence-corrected chi connectivity index (χ4v) is 4.29. The van der Waals surface area contributed by atoms with Crippen molar-refractivity contribution in [2.45, 2.75) is 25.9 Å². The van der Waals surface area contributed by atoms with Crippen LogP contribution in [0.5, 0.6) is 23.1 Å². The molecule has 9 nitrogen and oxygen atoms in total. The van der Waals surface area contributed by atoms with E-state index in [2.05, 4.69) is 14.9 Å². The van der Waals surface area contributed by atoms with Crippen LogP contribution in [0, 0.1) is 4.77 Å². The van der Waals surface area contributed by atoms with E-state index < -0.39 is 5.56 Å². The van der Waals surface area contributed by atoms with E-state index in [1.165, 1.54) is 10.8 Å². The summed E-state index contributed by atoms with van der Waals surface area (Å²) in [4.78, 5) is 21.5. The second-order valence-corrected chi connectivity index (χ2v) is 7.58. The topological polar surface area (TPSA) is 101 Å². The van der Waals surface area contributed by atoms with Crippen LogP contribution in [0.3, 0.4) is 0 Å².